The molecule has 2 fully saturated rings. The van der Waals surface area contributed by atoms with Crippen molar-refractivity contribution < 1.29 is 58.3 Å². The number of rotatable bonds is 19. The molecule has 1 aromatic carbocycles. The maximum Gasteiger partial charge on any atom is 0.412 e. The Bertz CT molecular complexity index is 1760. The normalized spacial score (nSPS) is 20.1. The van der Waals surface area contributed by atoms with Crippen LogP contribution in [-0.2, 0) is 14.4 Å². The van der Waals surface area contributed by atoms with E-state index in [0.29, 0.717) is 44.1 Å². The Morgan fingerprint density at radius 2 is 1.23 bits per heavy atom. The van der Waals surface area contributed by atoms with Crippen molar-refractivity contribution in [2.45, 2.75) is 136 Å². The lowest BCUT2D eigenvalue weighted by Crippen LogP contribution is -2.41. The number of allylic oxidation sites excluding steroid dienone is 3. The second-order valence-electron chi connectivity index (χ2n) is 18.0. The molecule has 15 nitrogen and oxygen atoms in total. The molecule has 332 valence electrons. The third-order valence-electron chi connectivity index (χ3n) is 12.3. The molecule has 60 heavy (non-hydrogen) atoms. The fourth-order valence-corrected chi connectivity index (χ4v) is 9.43. The maximum atomic E-state index is 13.8. The van der Waals surface area contributed by atoms with E-state index in [1.165, 1.54) is 12.1 Å². The largest absolute Gasteiger partial charge is 0.481 e. The Kier molecular flexibility index (Phi) is 17.4. The van der Waals surface area contributed by atoms with Crippen molar-refractivity contribution in [1.82, 2.24) is 16.0 Å². The van der Waals surface area contributed by atoms with Gasteiger partial charge in [0.2, 0.25) is 0 Å². The summed E-state index contributed by atoms with van der Waals surface area (Å²) in [5, 5.41) is 37.1. The number of carbonyl (C=O) groups excluding carboxylic acids is 3. The molecule has 3 amide bonds. The van der Waals surface area contributed by atoms with Crippen LogP contribution in [0.2, 0.25) is 0 Å². The number of hydrogen-bond donors (Lipinski definition) is 6. The van der Waals surface area contributed by atoms with Crippen molar-refractivity contribution in [2.75, 3.05) is 19.6 Å². The van der Waals surface area contributed by atoms with Crippen LogP contribution in [0.3, 0.4) is 0 Å². The summed E-state index contributed by atoms with van der Waals surface area (Å²) in [6.45, 7) is 12.1. The zero-order chi connectivity index (χ0) is 44.0. The smallest absolute Gasteiger partial charge is 0.412 e. The topological polar surface area (TPSA) is 227 Å². The van der Waals surface area contributed by atoms with Crippen LogP contribution in [0.1, 0.15) is 142 Å². The summed E-state index contributed by atoms with van der Waals surface area (Å²) in [4.78, 5) is 76.1. The summed E-state index contributed by atoms with van der Waals surface area (Å²) in [5.74, 6) is -4.11. The molecule has 6 N–H and O–H groups in total. The average Bonchev–Trinajstić information content (AvgIpc) is 3.15. The Hall–Kier alpha value is -5.08. The fourth-order valence-electron chi connectivity index (χ4n) is 9.43. The van der Waals surface area contributed by atoms with Crippen LogP contribution in [0.25, 0.3) is 0 Å². The zero-order valence-corrected chi connectivity index (χ0v) is 35.7. The first-order valence-electron chi connectivity index (χ1n) is 21.4. The second-order valence-corrected chi connectivity index (χ2v) is 18.0. The number of amides is 3. The first-order valence-corrected chi connectivity index (χ1v) is 21.4. The quantitative estimate of drug-likeness (QED) is 0.0718. The van der Waals surface area contributed by atoms with E-state index in [1.807, 2.05) is 33.8 Å². The van der Waals surface area contributed by atoms with Gasteiger partial charge in [0.1, 0.15) is 17.2 Å². The standard InChI is InChI=1S/C45H65N3O12/c1-28(2)18-31(20-37(49)50)25-46-41(55)59-35-21-32(58-42(56)47-26-44(23-38(51)52)14-8-6-9-15-44)22-36(40(35)34-19-30(5)12-13-33(34)29(3)4)60-43(57)48-27-45(24-39(53)54)16-10-7-11-17-45/h19,21-22,28,31,33-34H,3,6-18,20,23-27H2,1-2,4-5H3,(H,46,55)(H,47,56)(H,48,57)(H,49,50)(H,51,52)(H,53,54)/t31-,33-,34+/m0/s1. The van der Waals surface area contributed by atoms with E-state index in [-0.39, 0.29) is 73.9 Å². The van der Waals surface area contributed by atoms with Gasteiger partial charge in [0.15, 0.2) is 0 Å². The molecular weight excluding hydrogens is 775 g/mol. The average molecular weight is 840 g/mol. The molecule has 3 atom stereocenters. The number of aliphatic carboxylic acids is 3. The van der Waals surface area contributed by atoms with E-state index in [9.17, 15) is 44.1 Å². The first kappa shape index (κ1) is 47.6. The third kappa shape index (κ3) is 14.6. The van der Waals surface area contributed by atoms with E-state index in [2.05, 4.69) is 22.5 Å². The van der Waals surface area contributed by atoms with Crippen LogP contribution in [0.5, 0.6) is 17.2 Å². The van der Waals surface area contributed by atoms with E-state index >= 15 is 0 Å². The van der Waals surface area contributed by atoms with Gasteiger partial charge in [-0.3, -0.25) is 14.4 Å². The minimum Gasteiger partial charge on any atom is -0.481 e. The van der Waals surface area contributed by atoms with Crippen molar-refractivity contribution in [3.8, 4) is 17.2 Å². The predicted molar refractivity (Wildman–Crippen MR) is 223 cm³/mol. The molecule has 15 heteroatoms. The number of ether oxygens (including phenoxy) is 3. The Labute approximate surface area is 353 Å². The Balaban J connectivity index is 1.74. The summed E-state index contributed by atoms with van der Waals surface area (Å²) in [7, 11) is 0. The fraction of sp³-hybridized carbons (Fsp3) is 0.644. The zero-order valence-electron chi connectivity index (χ0n) is 35.7. The summed E-state index contributed by atoms with van der Waals surface area (Å²) in [5.41, 5.74) is 0.896. The van der Waals surface area contributed by atoms with Crippen LogP contribution in [0.4, 0.5) is 14.4 Å². The number of hydrogen-bond acceptors (Lipinski definition) is 9. The summed E-state index contributed by atoms with van der Waals surface area (Å²) < 4.78 is 17.8. The molecule has 0 spiro atoms. The van der Waals surface area contributed by atoms with E-state index in [4.69, 9.17) is 14.2 Å². The van der Waals surface area contributed by atoms with E-state index < -0.39 is 52.9 Å². The van der Waals surface area contributed by atoms with Gasteiger partial charge in [-0.25, -0.2) is 14.4 Å². The molecule has 3 aliphatic rings. The number of benzene rings is 1. The monoisotopic (exact) mass is 839 g/mol. The highest BCUT2D eigenvalue weighted by molar-refractivity contribution is 5.77. The van der Waals surface area contributed by atoms with Crippen LogP contribution in [0.15, 0.2) is 35.9 Å². The van der Waals surface area contributed by atoms with Crippen molar-refractivity contribution in [1.29, 1.82) is 0 Å². The van der Waals surface area contributed by atoms with Gasteiger partial charge >= 0.3 is 36.2 Å². The van der Waals surface area contributed by atoms with E-state index in [0.717, 1.165) is 56.1 Å². The minimum absolute atomic E-state index is 0.00994. The number of nitrogens with one attached hydrogen (secondary N) is 3. The summed E-state index contributed by atoms with van der Waals surface area (Å²) in [6, 6.07) is 2.71. The third-order valence-corrected chi connectivity index (χ3v) is 12.3. The lowest BCUT2D eigenvalue weighted by Gasteiger charge is -2.36. The highest BCUT2D eigenvalue weighted by Gasteiger charge is 2.38. The van der Waals surface area contributed by atoms with Crippen LogP contribution < -0.4 is 30.2 Å². The number of carboxylic acid groups (broad SMARTS) is 3. The van der Waals surface area contributed by atoms with Gasteiger partial charge in [-0.15, -0.1) is 0 Å². The molecule has 0 aliphatic heterocycles. The van der Waals surface area contributed by atoms with Gasteiger partial charge in [-0.2, -0.15) is 0 Å². The molecule has 0 saturated heterocycles. The van der Waals surface area contributed by atoms with Gasteiger partial charge in [0.25, 0.3) is 0 Å². The van der Waals surface area contributed by atoms with Crippen LogP contribution >= 0.6 is 0 Å². The Morgan fingerprint density at radius 1 is 0.750 bits per heavy atom. The molecule has 0 unspecified atom stereocenters. The molecule has 0 heterocycles. The highest BCUT2D eigenvalue weighted by Crippen LogP contribution is 2.49. The lowest BCUT2D eigenvalue weighted by molar-refractivity contribution is -0.141. The number of carbonyl (C=O) groups is 6. The van der Waals surface area contributed by atoms with Gasteiger partial charge in [0, 0.05) is 49.7 Å². The predicted octanol–water partition coefficient (Wildman–Crippen LogP) is 8.96. The van der Waals surface area contributed by atoms with Crippen molar-refractivity contribution in [3.05, 3.63) is 41.5 Å². The lowest BCUT2D eigenvalue weighted by atomic mass is 9.72. The van der Waals surface area contributed by atoms with Gasteiger partial charge < -0.3 is 45.5 Å². The van der Waals surface area contributed by atoms with Crippen molar-refractivity contribution >= 4 is 36.2 Å². The molecule has 1 aromatic rings. The molecule has 2 saturated carbocycles. The van der Waals surface area contributed by atoms with Crippen molar-refractivity contribution in [2.24, 2.45) is 28.6 Å². The SMILES string of the molecule is C=C(C)[C@@H]1CCC(C)=C[C@H]1c1c(OC(=O)NC[C@H](CC(=O)O)CC(C)C)cc(OC(=O)NCC2(CC(=O)O)CCCCC2)cc1OC(=O)NCC1(CC(=O)O)CCCCC1. The van der Waals surface area contributed by atoms with Crippen molar-refractivity contribution in [3.63, 3.8) is 0 Å². The minimum atomic E-state index is -0.999. The molecular formula is C45H65N3O12. The molecule has 0 aromatic heterocycles. The number of carboxylic acids is 3. The summed E-state index contributed by atoms with van der Waals surface area (Å²) in [6.07, 6.45) is 8.74. The second kappa shape index (κ2) is 22.0. The maximum absolute atomic E-state index is 13.8. The highest BCUT2D eigenvalue weighted by atomic mass is 16.6. The van der Waals surface area contributed by atoms with Crippen LogP contribution in [0, 0.1) is 28.6 Å². The Morgan fingerprint density at radius 3 is 1.68 bits per heavy atom. The summed E-state index contributed by atoms with van der Waals surface area (Å²) >= 11 is 0. The molecule has 4 rings (SSSR count). The van der Waals surface area contributed by atoms with E-state index in [1.54, 1.807) is 0 Å². The molecule has 0 radical (unpaired) electrons. The first-order chi connectivity index (χ1) is 28.4. The molecule has 0 bridgehead atoms. The molecule has 3 aliphatic carbocycles. The van der Waals surface area contributed by atoms with Gasteiger partial charge in [0.05, 0.1) is 12.8 Å². The van der Waals surface area contributed by atoms with Gasteiger partial charge in [-0.05, 0) is 87.4 Å². The van der Waals surface area contributed by atoms with Crippen LogP contribution in [-0.4, -0.2) is 71.1 Å². The van der Waals surface area contributed by atoms with Gasteiger partial charge in [-0.1, -0.05) is 76.2 Å².